The van der Waals surface area contributed by atoms with Crippen molar-refractivity contribution in [2.75, 3.05) is 20.3 Å². The monoisotopic (exact) mass is 514 g/mol. The molecule has 196 valence electrons. The third-order valence-corrected chi connectivity index (χ3v) is 6.54. The zero-order chi connectivity index (χ0) is 27.2. The van der Waals surface area contributed by atoms with Gasteiger partial charge in [0.05, 0.1) is 27.6 Å². The molecular weight excluding hydrogens is 484 g/mol. The van der Waals surface area contributed by atoms with Gasteiger partial charge in [-0.05, 0) is 50.1 Å². The Bertz CT molecular complexity index is 1520. The molecule has 0 spiro atoms. The first-order valence-electron chi connectivity index (χ1n) is 12.5. The summed E-state index contributed by atoms with van der Waals surface area (Å²) in [5.41, 5.74) is 1.50. The Balaban J connectivity index is 1.91. The van der Waals surface area contributed by atoms with Crippen LogP contribution in [0.3, 0.4) is 0 Å². The number of nitro groups is 1. The highest BCUT2D eigenvalue weighted by Gasteiger charge is 2.30. The summed E-state index contributed by atoms with van der Waals surface area (Å²) in [5, 5.41) is 12.0. The summed E-state index contributed by atoms with van der Waals surface area (Å²) in [4.78, 5) is 45.3. The van der Waals surface area contributed by atoms with Gasteiger partial charge < -0.3 is 9.64 Å². The van der Waals surface area contributed by atoms with Crippen molar-refractivity contribution in [3.05, 3.63) is 110 Å². The molecule has 0 N–H and O–H groups in total. The van der Waals surface area contributed by atoms with Crippen molar-refractivity contribution >= 4 is 22.5 Å². The van der Waals surface area contributed by atoms with Gasteiger partial charge in [-0.1, -0.05) is 43.3 Å². The summed E-state index contributed by atoms with van der Waals surface area (Å²) in [7, 11) is 1.59. The van der Waals surface area contributed by atoms with E-state index >= 15 is 0 Å². The van der Waals surface area contributed by atoms with Gasteiger partial charge in [-0.2, -0.15) is 0 Å². The Morgan fingerprint density at radius 2 is 1.82 bits per heavy atom. The molecule has 4 rings (SSSR count). The number of methoxy groups -OCH3 is 1. The van der Waals surface area contributed by atoms with Crippen LogP contribution in [0, 0.1) is 17.0 Å². The van der Waals surface area contributed by atoms with Gasteiger partial charge in [-0.3, -0.25) is 24.3 Å². The van der Waals surface area contributed by atoms with Gasteiger partial charge in [-0.15, -0.1) is 0 Å². The number of fused-ring (bicyclic) bond motifs is 1. The second-order valence-corrected chi connectivity index (χ2v) is 8.99. The topological polar surface area (TPSA) is 108 Å². The summed E-state index contributed by atoms with van der Waals surface area (Å²) in [5.74, 6) is 0.0489. The highest BCUT2D eigenvalue weighted by molar-refractivity contribution is 5.95. The van der Waals surface area contributed by atoms with Crippen LogP contribution in [0.5, 0.6) is 0 Å². The van der Waals surface area contributed by atoms with Crippen LogP contribution in [0.25, 0.3) is 16.6 Å². The summed E-state index contributed by atoms with van der Waals surface area (Å²) in [6.07, 6.45) is 1.00. The number of amides is 1. The van der Waals surface area contributed by atoms with Crippen LogP contribution < -0.4 is 5.56 Å². The number of benzene rings is 3. The molecule has 0 fully saturated rings. The molecule has 1 amide bonds. The standard InChI is InChI=1S/C29H30N4O5/c1-4-25(31(17-10-18-38-3)28(34)21-16-15-20(2)26(19-21)33(36)37)27-30-24-14-9-8-13-23(24)29(35)32(27)22-11-6-5-7-12-22/h5-9,11-16,19,25H,4,10,17-18H2,1-3H3. The normalized spacial score (nSPS) is 11.9. The molecule has 1 unspecified atom stereocenters. The summed E-state index contributed by atoms with van der Waals surface area (Å²) < 4.78 is 6.80. The predicted molar refractivity (Wildman–Crippen MR) is 146 cm³/mol. The van der Waals surface area contributed by atoms with Crippen molar-refractivity contribution in [2.45, 2.75) is 32.7 Å². The minimum atomic E-state index is -0.586. The van der Waals surface area contributed by atoms with E-state index in [9.17, 15) is 19.7 Å². The Hall–Kier alpha value is -4.37. The van der Waals surface area contributed by atoms with Crippen LogP contribution >= 0.6 is 0 Å². The second kappa shape index (κ2) is 11.8. The largest absolute Gasteiger partial charge is 0.385 e. The lowest BCUT2D eigenvalue weighted by atomic mass is 10.1. The maximum Gasteiger partial charge on any atom is 0.273 e. The summed E-state index contributed by atoms with van der Waals surface area (Å²) in [6, 6.07) is 20.2. The number of carbonyl (C=O) groups is 1. The number of ether oxygens (including phenoxy) is 1. The molecule has 9 nitrogen and oxygen atoms in total. The molecule has 0 bridgehead atoms. The van der Waals surface area contributed by atoms with Crippen LogP contribution in [0.1, 0.15) is 47.6 Å². The third kappa shape index (κ3) is 5.33. The number of para-hydroxylation sites is 2. The number of rotatable bonds is 10. The number of aryl methyl sites for hydroxylation is 1. The fraction of sp³-hybridized carbons (Fsp3) is 0.276. The van der Waals surface area contributed by atoms with Crippen LogP contribution in [-0.4, -0.2) is 45.5 Å². The Morgan fingerprint density at radius 1 is 1.11 bits per heavy atom. The molecule has 0 aliphatic carbocycles. The summed E-state index contributed by atoms with van der Waals surface area (Å²) >= 11 is 0. The van der Waals surface area contributed by atoms with Crippen molar-refractivity contribution in [1.29, 1.82) is 0 Å². The molecular formula is C29H30N4O5. The van der Waals surface area contributed by atoms with E-state index in [1.165, 1.54) is 6.07 Å². The van der Waals surface area contributed by atoms with E-state index in [1.807, 2.05) is 43.3 Å². The molecule has 38 heavy (non-hydrogen) atoms. The van der Waals surface area contributed by atoms with Crippen LogP contribution in [-0.2, 0) is 4.74 Å². The fourth-order valence-electron chi connectivity index (χ4n) is 4.63. The minimum absolute atomic E-state index is 0.120. The Labute approximate surface area is 220 Å². The van der Waals surface area contributed by atoms with Gasteiger partial charge >= 0.3 is 0 Å². The van der Waals surface area contributed by atoms with Gasteiger partial charge in [0.15, 0.2) is 0 Å². The SMILES string of the molecule is CCC(c1nc2ccccc2c(=O)n1-c1ccccc1)N(CCCOC)C(=O)c1ccc(C)c([N+](=O)[O-])c1. The van der Waals surface area contributed by atoms with Crippen molar-refractivity contribution in [3.63, 3.8) is 0 Å². The highest BCUT2D eigenvalue weighted by atomic mass is 16.6. The van der Waals surface area contributed by atoms with E-state index in [0.717, 1.165) is 0 Å². The predicted octanol–water partition coefficient (Wildman–Crippen LogP) is 5.23. The molecule has 0 aliphatic heterocycles. The molecule has 0 aliphatic rings. The zero-order valence-electron chi connectivity index (χ0n) is 21.7. The van der Waals surface area contributed by atoms with Crippen molar-refractivity contribution in [1.82, 2.24) is 14.5 Å². The average molecular weight is 515 g/mol. The van der Waals surface area contributed by atoms with Gasteiger partial charge in [0.1, 0.15) is 5.82 Å². The lowest BCUT2D eigenvalue weighted by Gasteiger charge is -2.32. The molecule has 3 aromatic carbocycles. The van der Waals surface area contributed by atoms with Crippen LogP contribution in [0.2, 0.25) is 0 Å². The number of carbonyl (C=O) groups excluding carboxylic acids is 1. The lowest BCUT2D eigenvalue weighted by Crippen LogP contribution is -2.39. The van der Waals surface area contributed by atoms with E-state index in [1.54, 1.807) is 53.8 Å². The Kier molecular flexibility index (Phi) is 8.28. The van der Waals surface area contributed by atoms with E-state index in [-0.39, 0.29) is 22.7 Å². The molecule has 9 heteroatoms. The number of nitrogens with zero attached hydrogens (tertiary/aromatic N) is 4. The molecule has 1 heterocycles. The van der Waals surface area contributed by atoms with Crippen molar-refractivity contribution in [3.8, 4) is 5.69 Å². The fourth-order valence-corrected chi connectivity index (χ4v) is 4.63. The molecule has 0 saturated carbocycles. The van der Waals surface area contributed by atoms with Gasteiger partial charge in [-0.25, -0.2) is 4.98 Å². The number of nitro benzene ring substituents is 1. The first-order chi connectivity index (χ1) is 18.4. The van der Waals surface area contributed by atoms with E-state index in [4.69, 9.17) is 9.72 Å². The van der Waals surface area contributed by atoms with E-state index in [2.05, 4.69) is 0 Å². The first-order valence-corrected chi connectivity index (χ1v) is 12.5. The van der Waals surface area contributed by atoms with E-state index in [0.29, 0.717) is 54.0 Å². The van der Waals surface area contributed by atoms with Crippen molar-refractivity contribution in [2.24, 2.45) is 0 Å². The third-order valence-electron chi connectivity index (χ3n) is 6.54. The number of aromatic nitrogens is 2. The van der Waals surface area contributed by atoms with Crippen molar-refractivity contribution < 1.29 is 14.5 Å². The molecule has 0 saturated heterocycles. The maximum atomic E-state index is 13.9. The average Bonchev–Trinajstić information content (AvgIpc) is 2.93. The molecule has 0 radical (unpaired) electrons. The Morgan fingerprint density at radius 3 is 2.50 bits per heavy atom. The quantitative estimate of drug-likeness (QED) is 0.163. The van der Waals surface area contributed by atoms with Gasteiger partial charge in [0.2, 0.25) is 0 Å². The maximum absolute atomic E-state index is 13.9. The van der Waals surface area contributed by atoms with E-state index < -0.39 is 11.0 Å². The molecule has 4 aromatic rings. The number of hydrogen-bond donors (Lipinski definition) is 0. The second-order valence-electron chi connectivity index (χ2n) is 8.99. The number of hydrogen-bond acceptors (Lipinski definition) is 6. The van der Waals surface area contributed by atoms with Gasteiger partial charge in [0, 0.05) is 37.5 Å². The zero-order valence-corrected chi connectivity index (χ0v) is 21.7. The lowest BCUT2D eigenvalue weighted by molar-refractivity contribution is -0.385. The van der Waals surface area contributed by atoms with Crippen LogP contribution in [0.4, 0.5) is 5.69 Å². The molecule has 1 aromatic heterocycles. The smallest absolute Gasteiger partial charge is 0.273 e. The highest BCUT2D eigenvalue weighted by Crippen LogP contribution is 2.29. The minimum Gasteiger partial charge on any atom is -0.385 e. The molecule has 1 atom stereocenters. The first kappa shape index (κ1) is 26.7. The summed E-state index contributed by atoms with van der Waals surface area (Å²) in [6.45, 7) is 4.29. The van der Waals surface area contributed by atoms with Gasteiger partial charge in [0.25, 0.3) is 17.2 Å². The van der Waals surface area contributed by atoms with Crippen LogP contribution in [0.15, 0.2) is 77.6 Å².